The maximum absolute atomic E-state index is 14.0. The first-order chi connectivity index (χ1) is 10.0. The van der Waals surface area contributed by atoms with E-state index in [4.69, 9.17) is 16.3 Å². The molecule has 1 N–H and O–H groups in total. The zero-order valence-corrected chi connectivity index (χ0v) is 13.4. The van der Waals surface area contributed by atoms with Gasteiger partial charge in [0.1, 0.15) is 5.82 Å². The van der Waals surface area contributed by atoms with Crippen LogP contribution in [0.15, 0.2) is 46.9 Å². The number of rotatable bonds is 4. The normalized spacial score (nSPS) is 11.8. The molecular formula is C15H12BrClFNO2. The number of carbonyl (C=O) groups excluding carboxylic acids is 1. The van der Waals surface area contributed by atoms with Crippen molar-refractivity contribution >= 4 is 39.2 Å². The summed E-state index contributed by atoms with van der Waals surface area (Å²) in [7, 11) is 1.25. The van der Waals surface area contributed by atoms with E-state index >= 15 is 0 Å². The van der Waals surface area contributed by atoms with Gasteiger partial charge in [0, 0.05) is 20.7 Å². The lowest BCUT2D eigenvalue weighted by molar-refractivity contribution is -0.141. The Morgan fingerprint density at radius 3 is 2.76 bits per heavy atom. The van der Waals surface area contributed by atoms with E-state index in [0.717, 1.165) is 0 Å². The molecule has 0 aliphatic rings. The monoisotopic (exact) mass is 371 g/mol. The van der Waals surface area contributed by atoms with Gasteiger partial charge in [0.2, 0.25) is 0 Å². The number of halogens is 3. The number of hydrogen-bond donors (Lipinski definition) is 1. The largest absolute Gasteiger partial charge is 0.467 e. The fourth-order valence-electron chi connectivity index (χ4n) is 1.86. The highest BCUT2D eigenvalue weighted by atomic mass is 79.9. The van der Waals surface area contributed by atoms with Crippen molar-refractivity contribution in [2.24, 2.45) is 0 Å². The van der Waals surface area contributed by atoms with Crippen LogP contribution in [0.5, 0.6) is 0 Å². The van der Waals surface area contributed by atoms with E-state index in [1.807, 2.05) is 0 Å². The first-order valence-electron chi connectivity index (χ1n) is 6.06. The molecule has 0 heterocycles. The summed E-state index contributed by atoms with van der Waals surface area (Å²) in [6, 6.07) is 10.2. The SMILES string of the molecule is COC(=O)C(Nc1cccc(Cl)c1)c1cc(Br)ccc1F. The van der Waals surface area contributed by atoms with Crippen LogP contribution >= 0.6 is 27.5 Å². The second-order valence-corrected chi connectivity index (χ2v) is 5.63. The first-order valence-corrected chi connectivity index (χ1v) is 7.23. The standard InChI is InChI=1S/C15H12BrClFNO2/c1-21-15(20)14(12-7-9(16)5-6-13(12)18)19-11-4-2-3-10(17)8-11/h2-8,14,19H,1H3. The topological polar surface area (TPSA) is 38.3 Å². The van der Waals surface area contributed by atoms with Crippen LogP contribution in [0.2, 0.25) is 5.02 Å². The first kappa shape index (κ1) is 15.8. The molecule has 2 rings (SSSR count). The van der Waals surface area contributed by atoms with Gasteiger partial charge < -0.3 is 10.1 Å². The summed E-state index contributed by atoms with van der Waals surface area (Å²) >= 11 is 9.17. The predicted octanol–water partition coefficient (Wildman–Crippen LogP) is 4.57. The van der Waals surface area contributed by atoms with Crippen molar-refractivity contribution in [2.45, 2.75) is 6.04 Å². The summed E-state index contributed by atoms with van der Waals surface area (Å²) in [4.78, 5) is 12.0. The second-order valence-electron chi connectivity index (χ2n) is 4.28. The van der Waals surface area contributed by atoms with Crippen molar-refractivity contribution in [3.05, 3.63) is 63.3 Å². The van der Waals surface area contributed by atoms with E-state index in [1.165, 1.54) is 19.2 Å². The van der Waals surface area contributed by atoms with Gasteiger partial charge in [0.25, 0.3) is 0 Å². The molecule has 6 heteroatoms. The summed E-state index contributed by atoms with van der Waals surface area (Å²) in [6.07, 6.45) is 0. The van der Waals surface area contributed by atoms with E-state index in [0.29, 0.717) is 15.2 Å². The van der Waals surface area contributed by atoms with E-state index in [2.05, 4.69) is 21.2 Å². The van der Waals surface area contributed by atoms with Crippen LogP contribution in [0, 0.1) is 5.82 Å². The van der Waals surface area contributed by atoms with Crippen LogP contribution in [-0.4, -0.2) is 13.1 Å². The smallest absolute Gasteiger partial charge is 0.333 e. The minimum atomic E-state index is -0.967. The average Bonchev–Trinajstić information content (AvgIpc) is 2.47. The molecule has 0 aliphatic heterocycles. The Labute approximate surface area is 135 Å². The number of benzene rings is 2. The molecule has 0 radical (unpaired) electrons. The summed E-state index contributed by atoms with van der Waals surface area (Å²) in [5, 5.41) is 3.45. The van der Waals surface area contributed by atoms with Crippen LogP contribution in [0.3, 0.4) is 0 Å². The Hall–Kier alpha value is -1.59. The van der Waals surface area contributed by atoms with E-state index in [1.54, 1.807) is 30.3 Å². The van der Waals surface area contributed by atoms with Crippen LogP contribution < -0.4 is 5.32 Å². The van der Waals surface area contributed by atoms with Gasteiger partial charge in [-0.15, -0.1) is 0 Å². The minimum absolute atomic E-state index is 0.191. The van der Waals surface area contributed by atoms with Gasteiger partial charge >= 0.3 is 5.97 Å². The molecule has 1 unspecified atom stereocenters. The molecule has 0 bridgehead atoms. The molecule has 1 atom stereocenters. The van der Waals surface area contributed by atoms with Gasteiger partial charge in [0.05, 0.1) is 7.11 Å². The van der Waals surface area contributed by atoms with Crippen molar-refractivity contribution in [1.82, 2.24) is 0 Å². The molecule has 0 aromatic heterocycles. The fourth-order valence-corrected chi connectivity index (χ4v) is 2.43. The van der Waals surface area contributed by atoms with Crippen LogP contribution in [0.4, 0.5) is 10.1 Å². The van der Waals surface area contributed by atoms with Crippen molar-refractivity contribution in [2.75, 3.05) is 12.4 Å². The summed E-state index contributed by atoms with van der Waals surface area (Å²) < 4.78 is 19.4. The summed E-state index contributed by atoms with van der Waals surface area (Å²) in [5.41, 5.74) is 0.786. The molecule has 0 aliphatic carbocycles. The van der Waals surface area contributed by atoms with Crippen LogP contribution in [0.25, 0.3) is 0 Å². The highest BCUT2D eigenvalue weighted by molar-refractivity contribution is 9.10. The molecule has 2 aromatic rings. The lowest BCUT2D eigenvalue weighted by Gasteiger charge is -2.19. The molecule has 0 spiro atoms. The average molecular weight is 373 g/mol. The van der Waals surface area contributed by atoms with Crippen molar-refractivity contribution < 1.29 is 13.9 Å². The molecule has 110 valence electrons. The summed E-state index contributed by atoms with van der Waals surface area (Å²) in [5.74, 6) is -1.09. The lowest BCUT2D eigenvalue weighted by atomic mass is 10.1. The van der Waals surface area contributed by atoms with Gasteiger partial charge in [-0.1, -0.05) is 33.6 Å². The molecule has 0 saturated heterocycles. The maximum atomic E-state index is 14.0. The van der Waals surface area contributed by atoms with Crippen LogP contribution in [-0.2, 0) is 9.53 Å². The number of ether oxygens (including phenoxy) is 1. The van der Waals surface area contributed by atoms with Gasteiger partial charge in [-0.05, 0) is 36.4 Å². The number of hydrogen-bond acceptors (Lipinski definition) is 3. The van der Waals surface area contributed by atoms with Crippen molar-refractivity contribution in [1.29, 1.82) is 0 Å². The lowest BCUT2D eigenvalue weighted by Crippen LogP contribution is -2.23. The number of carbonyl (C=O) groups is 1. The van der Waals surface area contributed by atoms with Crippen LogP contribution in [0.1, 0.15) is 11.6 Å². The zero-order chi connectivity index (χ0) is 15.4. The van der Waals surface area contributed by atoms with Gasteiger partial charge in [-0.25, -0.2) is 9.18 Å². The third-order valence-corrected chi connectivity index (χ3v) is 3.57. The molecule has 2 aromatic carbocycles. The molecule has 0 saturated carbocycles. The second kappa shape index (κ2) is 6.91. The molecule has 0 amide bonds. The van der Waals surface area contributed by atoms with Gasteiger partial charge in [0.15, 0.2) is 6.04 Å². The minimum Gasteiger partial charge on any atom is -0.467 e. The Balaban J connectivity index is 2.39. The highest BCUT2D eigenvalue weighted by Gasteiger charge is 2.24. The Morgan fingerprint density at radius 1 is 1.33 bits per heavy atom. The number of esters is 1. The third kappa shape index (κ3) is 3.95. The number of methoxy groups -OCH3 is 1. The Kier molecular flexibility index (Phi) is 5.20. The van der Waals surface area contributed by atoms with Gasteiger partial charge in [-0.2, -0.15) is 0 Å². The fraction of sp³-hybridized carbons (Fsp3) is 0.133. The number of anilines is 1. The molecule has 21 heavy (non-hydrogen) atoms. The Morgan fingerprint density at radius 2 is 2.10 bits per heavy atom. The summed E-state index contributed by atoms with van der Waals surface area (Å²) in [6.45, 7) is 0. The molecular weight excluding hydrogens is 361 g/mol. The Bertz CT molecular complexity index is 666. The zero-order valence-electron chi connectivity index (χ0n) is 11.1. The van der Waals surface area contributed by atoms with Crippen molar-refractivity contribution in [3.8, 4) is 0 Å². The van der Waals surface area contributed by atoms with E-state index < -0.39 is 17.8 Å². The molecule has 3 nitrogen and oxygen atoms in total. The van der Waals surface area contributed by atoms with E-state index in [9.17, 15) is 9.18 Å². The maximum Gasteiger partial charge on any atom is 0.333 e. The number of nitrogens with one attached hydrogen (secondary N) is 1. The van der Waals surface area contributed by atoms with Gasteiger partial charge in [-0.3, -0.25) is 0 Å². The van der Waals surface area contributed by atoms with Crippen molar-refractivity contribution in [3.63, 3.8) is 0 Å². The van der Waals surface area contributed by atoms with E-state index in [-0.39, 0.29) is 5.56 Å². The quantitative estimate of drug-likeness (QED) is 0.799. The molecule has 0 fully saturated rings. The predicted molar refractivity (Wildman–Crippen MR) is 83.9 cm³/mol. The highest BCUT2D eigenvalue weighted by Crippen LogP contribution is 2.27. The third-order valence-electron chi connectivity index (χ3n) is 2.84.